The van der Waals surface area contributed by atoms with E-state index < -0.39 is 22.9 Å². The molecule has 8 heteroatoms. The van der Waals surface area contributed by atoms with Gasteiger partial charge in [0.15, 0.2) is 5.78 Å². The number of aryl methyl sites for hydroxylation is 1. The van der Waals surface area contributed by atoms with Crippen molar-refractivity contribution in [3.8, 4) is 0 Å². The van der Waals surface area contributed by atoms with Crippen molar-refractivity contribution in [2.24, 2.45) is 5.92 Å². The molecule has 0 aromatic carbocycles. The highest BCUT2D eigenvalue weighted by atomic mass is 16.6. The number of hydrogen-bond acceptors (Lipinski definition) is 6. The number of piperidine rings is 3. The summed E-state index contributed by atoms with van der Waals surface area (Å²) in [4.78, 5) is 52.0. The van der Waals surface area contributed by atoms with E-state index in [0.29, 0.717) is 4.57 Å². The Balaban J connectivity index is 1.96. The zero-order valence-electron chi connectivity index (χ0n) is 15.7. The number of carbonyl (C=O) groups excluding carboxylic acids is 2. The smallest absolute Gasteiger partial charge is 0.425 e. The van der Waals surface area contributed by atoms with Gasteiger partial charge in [0.25, 0.3) is 5.56 Å². The fraction of sp³-hybridized carbons (Fsp3) is 0.667. The molecule has 8 nitrogen and oxygen atoms in total. The summed E-state index contributed by atoms with van der Waals surface area (Å²) in [5, 5.41) is 0. The van der Waals surface area contributed by atoms with Crippen LogP contribution in [0.15, 0.2) is 15.8 Å². The Hall–Kier alpha value is -2.22. The van der Waals surface area contributed by atoms with E-state index in [9.17, 15) is 19.2 Å². The summed E-state index contributed by atoms with van der Waals surface area (Å²) in [5.74, 6) is 0.195. The maximum absolute atomic E-state index is 12.8. The molecule has 3 fully saturated rings. The minimum atomic E-state index is -0.998. The van der Waals surface area contributed by atoms with Crippen LogP contribution in [0.5, 0.6) is 0 Å². The zero-order valence-corrected chi connectivity index (χ0v) is 15.7. The molecule has 1 unspecified atom stereocenters. The summed E-state index contributed by atoms with van der Waals surface area (Å²) in [7, 11) is 0. The number of rotatable bonds is 2. The summed E-state index contributed by atoms with van der Waals surface area (Å²) < 4.78 is 6.99. The Labute approximate surface area is 151 Å². The Morgan fingerprint density at radius 2 is 1.81 bits per heavy atom. The Bertz CT molecular complexity index is 853. The molecular formula is C18H25N3O5. The fourth-order valence-corrected chi connectivity index (χ4v) is 3.67. The first-order valence-corrected chi connectivity index (χ1v) is 8.93. The maximum Gasteiger partial charge on any atom is 0.425 e. The highest BCUT2D eigenvalue weighted by Crippen LogP contribution is 2.29. The minimum absolute atomic E-state index is 0.0542. The molecule has 3 saturated heterocycles. The molecule has 26 heavy (non-hydrogen) atoms. The minimum Gasteiger partial charge on any atom is -0.443 e. The fourth-order valence-electron chi connectivity index (χ4n) is 3.67. The topological polar surface area (TPSA) is 90.6 Å². The number of fused-ring (bicyclic) bond motifs is 3. The van der Waals surface area contributed by atoms with Crippen molar-refractivity contribution in [1.82, 2.24) is 14.0 Å². The number of ketones is 1. The van der Waals surface area contributed by atoms with Gasteiger partial charge in [-0.25, -0.2) is 9.59 Å². The molecular weight excluding hydrogens is 338 g/mol. The molecule has 0 spiro atoms. The van der Waals surface area contributed by atoms with Crippen LogP contribution in [-0.4, -0.2) is 50.6 Å². The summed E-state index contributed by atoms with van der Waals surface area (Å²) in [6, 6.07) is -0.385. The molecule has 2 bridgehead atoms. The lowest BCUT2D eigenvalue weighted by atomic mass is 9.82. The highest BCUT2D eigenvalue weighted by molar-refractivity contribution is 5.87. The van der Waals surface area contributed by atoms with Gasteiger partial charge in [-0.2, -0.15) is 4.57 Å². The van der Waals surface area contributed by atoms with E-state index in [2.05, 4.69) is 4.90 Å². The lowest BCUT2D eigenvalue weighted by Gasteiger charge is -2.44. The molecule has 142 valence electrons. The van der Waals surface area contributed by atoms with Gasteiger partial charge < -0.3 is 4.74 Å². The first kappa shape index (κ1) is 18.6. The number of Topliss-reactive ketones (excluding diaryl/α,β-unsaturated/α-hetero) is 1. The van der Waals surface area contributed by atoms with Gasteiger partial charge in [-0.3, -0.25) is 19.1 Å². The van der Waals surface area contributed by atoms with E-state index in [1.54, 1.807) is 20.8 Å². The van der Waals surface area contributed by atoms with Crippen LogP contribution < -0.4 is 11.2 Å². The van der Waals surface area contributed by atoms with Gasteiger partial charge in [-0.05, 0) is 53.6 Å². The van der Waals surface area contributed by atoms with E-state index in [1.165, 1.54) is 17.7 Å². The zero-order chi connectivity index (χ0) is 19.2. The largest absolute Gasteiger partial charge is 0.443 e. The van der Waals surface area contributed by atoms with Gasteiger partial charge in [0.05, 0.1) is 6.04 Å². The average Bonchev–Trinajstić information content (AvgIpc) is 2.54. The molecule has 1 aromatic rings. The number of aromatic nitrogens is 2. The lowest BCUT2D eigenvalue weighted by molar-refractivity contribution is -0.137. The predicted octanol–water partition coefficient (Wildman–Crippen LogP) is 0.765. The van der Waals surface area contributed by atoms with Crippen molar-refractivity contribution in [1.29, 1.82) is 0 Å². The predicted molar refractivity (Wildman–Crippen MR) is 94.4 cm³/mol. The highest BCUT2D eigenvalue weighted by Gasteiger charge is 2.41. The average molecular weight is 363 g/mol. The van der Waals surface area contributed by atoms with Crippen molar-refractivity contribution in [2.45, 2.75) is 58.7 Å². The van der Waals surface area contributed by atoms with Crippen LogP contribution in [0.1, 0.15) is 39.2 Å². The van der Waals surface area contributed by atoms with Gasteiger partial charge in [0, 0.05) is 24.2 Å². The molecule has 3 aliphatic rings. The van der Waals surface area contributed by atoms with E-state index in [1.807, 2.05) is 0 Å². The van der Waals surface area contributed by atoms with E-state index in [-0.39, 0.29) is 29.9 Å². The Kier molecular flexibility index (Phi) is 4.64. The molecule has 0 N–H and O–H groups in total. The summed E-state index contributed by atoms with van der Waals surface area (Å²) in [6.07, 6.45) is 2.14. The van der Waals surface area contributed by atoms with Crippen molar-refractivity contribution in [2.75, 3.05) is 13.1 Å². The molecule has 4 heterocycles. The number of carbonyl (C=O) groups is 2. The van der Waals surface area contributed by atoms with Gasteiger partial charge >= 0.3 is 11.8 Å². The molecule has 3 aliphatic heterocycles. The van der Waals surface area contributed by atoms with Crippen LogP contribution >= 0.6 is 0 Å². The SMILES string of the molecule is Cc1cn(CC2C(=O)C3CCN2CC3)c(=O)n(C(=O)OC(C)(C)C)c1=O. The first-order valence-electron chi connectivity index (χ1n) is 8.93. The molecule has 1 atom stereocenters. The van der Waals surface area contributed by atoms with Crippen molar-refractivity contribution >= 4 is 11.9 Å². The van der Waals surface area contributed by atoms with Crippen LogP contribution in [-0.2, 0) is 16.1 Å². The quantitative estimate of drug-likeness (QED) is 0.771. The molecule has 1 aromatic heterocycles. The number of ether oxygens (including phenoxy) is 1. The molecule has 0 saturated carbocycles. The Morgan fingerprint density at radius 1 is 1.19 bits per heavy atom. The third-order valence-electron chi connectivity index (χ3n) is 4.97. The number of hydrogen-bond donors (Lipinski definition) is 0. The summed E-state index contributed by atoms with van der Waals surface area (Å²) in [6.45, 7) is 8.33. The van der Waals surface area contributed by atoms with E-state index in [4.69, 9.17) is 4.74 Å². The van der Waals surface area contributed by atoms with Gasteiger partial charge in [-0.1, -0.05) is 0 Å². The van der Waals surface area contributed by atoms with Gasteiger partial charge in [-0.15, -0.1) is 0 Å². The first-order chi connectivity index (χ1) is 12.1. The monoisotopic (exact) mass is 363 g/mol. The van der Waals surface area contributed by atoms with Crippen molar-refractivity contribution < 1.29 is 14.3 Å². The normalized spacial score (nSPS) is 25.4. The van der Waals surface area contributed by atoms with E-state index >= 15 is 0 Å². The van der Waals surface area contributed by atoms with Crippen molar-refractivity contribution in [3.05, 3.63) is 32.6 Å². The second-order valence-electron chi connectivity index (χ2n) is 8.10. The van der Waals surface area contributed by atoms with E-state index in [0.717, 1.165) is 25.9 Å². The number of nitrogens with zero attached hydrogens (tertiary/aromatic N) is 3. The molecule has 0 aliphatic carbocycles. The third-order valence-corrected chi connectivity index (χ3v) is 4.97. The molecule has 4 rings (SSSR count). The van der Waals surface area contributed by atoms with Gasteiger partial charge in [0.1, 0.15) is 5.60 Å². The van der Waals surface area contributed by atoms with Crippen LogP contribution in [0.3, 0.4) is 0 Å². The van der Waals surface area contributed by atoms with Crippen molar-refractivity contribution in [3.63, 3.8) is 0 Å². The maximum atomic E-state index is 12.8. The standard InChI is InChI=1S/C18H25N3O5/c1-11-9-20(10-13-14(22)12-5-7-19(13)8-6-12)16(24)21(15(11)23)17(25)26-18(2,3)4/h9,12-13H,5-8,10H2,1-4H3. The molecule has 0 amide bonds. The van der Waals surface area contributed by atoms with Crippen LogP contribution in [0.25, 0.3) is 0 Å². The lowest BCUT2D eigenvalue weighted by Crippen LogP contribution is -2.58. The van der Waals surface area contributed by atoms with Crippen LogP contribution in [0, 0.1) is 12.8 Å². The van der Waals surface area contributed by atoms with Crippen LogP contribution in [0.2, 0.25) is 0 Å². The summed E-state index contributed by atoms with van der Waals surface area (Å²) >= 11 is 0. The second-order valence-corrected chi connectivity index (χ2v) is 8.10. The third kappa shape index (κ3) is 3.38. The second kappa shape index (κ2) is 6.50. The summed E-state index contributed by atoms with van der Waals surface area (Å²) in [5.41, 5.74) is -2.05. The Morgan fingerprint density at radius 3 is 2.35 bits per heavy atom. The van der Waals surface area contributed by atoms with Crippen LogP contribution in [0.4, 0.5) is 4.79 Å². The van der Waals surface area contributed by atoms with Gasteiger partial charge in [0.2, 0.25) is 0 Å². The molecule has 0 radical (unpaired) electrons.